The molecule has 3 aromatic rings. The number of hydrogen-bond donors (Lipinski definition) is 2. The maximum atomic E-state index is 9.83. The van der Waals surface area contributed by atoms with Crippen LogP contribution in [0.5, 0.6) is 17.4 Å². The molecule has 0 radical (unpaired) electrons. The number of benzene rings is 2. The first-order chi connectivity index (χ1) is 15.5. The van der Waals surface area contributed by atoms with Gasteiger partial charge in [-0.05, 0) is 36.6 Å². The number of allylic oxidation sites excluding steroid dienone is 1. The Hall–Kier alpha value is -3.92. The molecule has 2 aromatic carbocycles. The van der Waals surface area contributed by atoms with E-state index in [9.17, 15) is 5.26 Å². The van der Waals surface area contributed by atoms with Crippen molar-refractivity contribution in [2.24, 2.45) is 5.73 Å². The number of hydrogen-bond acceptors (Lipinski definition) is 6. The van der Waals surface area contributed by atoms with Crippen molar-refractivity contribution in [3.63, 3.8) is 0 Å². The predicted molar refractivity (Wildman–Crippen MR) is 120 cm³/mol. The van der Waals surface area contributed by atoms with Crippen molar-refractivity contribution in [3.05, 3.63) is 81.9 Å². The lowest BCUT2D eigenvalue weighted by atomic mass is 9.83. The van der Waals surface area contributed by atoms with E-state index in [1.807, 2.05) is 30.3 Å². The maximum Gasteiger partial charge on any atom is 0.244 e. The van der Waals surface area contributed by atoms with Crippen molar-refractivity contribution in [1.82, 2.24) is 10.2 Å². The Bertz CT molecular complexity index is 1190. The third-order valence-corrected chi connectivity index (χ3v) is 5.55. The standard InChI is InChI=1S/C25H26N4O3/c1-4-5-19-23-22(18(13-26)24(27)32-25(23)29-28-19)17-10-11-20(21(12-17)30-3)31-14-16-8-6-15(2)7-9-16/h6-12,22H,4-5,14,27H2,1-3H3,(H,28,29)/t22-/m1/s1. The SMILES string of the molecule is CCCc1[nH]nc2c1[C@H](c1ccc(OCc3ccc(C)cc3)c(OC)c1)C(C#N)=C(N)O2. The Morgan fingerprint density at radius 3 is 2.66 bits per heavy atom. The van der Waals surface area contributed by atoms with Crippen LogP contribution < -0.4 is 19.9 Å². The van der Waals surface area contributed by atoms with Gasteiger partial charge >= 0.3 is 0 Å². The van der Waals surface area contributed by atoms with Gasteiger partial charge in [-0.2, -0.15) is 5.26 Å². The van der Waals surface area contributed by atoms with E-state index in [1.165, 1.54) is 5.56 Å². The number of rotatable bonds is 7. The summed E-state index contributed by atoms with van der Waals surface area (Å²) in [6, 6.07) is 16.1. The second-order valence-corrected chi connectivity index (χ2v) is 7.78. The van der Waals surface area contributed by atoms with Crippen LogP contribution in [0.25, 0.3) is 0 Å². The number of aryl methyl sites for hydroxylation is 2. The van der Waals surface area contributed by atoms with E-state index < -0.39 is 5.92 Å². The molecule has 0 bridgehead atoms. The zero-order valence-corrected chi connectivity index (χ0v) is 18.4. The Balaban J connectivity index is 1.69. The Labute approximate surface area is 187 Å². The van der Waals surface area contributed by atoms with E-state index in [0.29, 0.717) is 29.6 Å². The van der Waals surface area contributed by atoms with Crippen molar-refractivity contribution in [3.8, 4) is 23.4 Å². The first kappa shape index (κ1) is 21.3. The summed E-state index contributed by atoms with van der Waals surface area (Å²) >= 11 is 0. The highest BCUT2D eigenvalue weighted by Crippen LogP contribution is 2.44. The number of H-pyrrole nitrogens is 1. The largest absolute Gasteiger partial charge is 0.493 e. The Kier molecular flexibility index (Phi) is 6.04. The molecule has 0 aliphatic carbocycles. The predicted octanol–water partition coefficient (Wildman–Crippen LogP) is 4.48. The molecule has 1 atom stereocenters. The molecule has 1 aliphatic rings. The highest BCUT2D eigenvalue weighted by molar-refractivity contribution is 5.57. The van der Waals surface area contributed by atoms with Crippen molar-refractivity contribution < 1.29 is 14.2 Å². The van der Waals surface area contributed by atoms with Gasteiger partial charge in [-0.15, -0.1) is 5.10 Å². The molecule has 0 fully saturated rings. The molecular formula is C25H26N4O3. The first-order valence-electron chi connectivity index (χ1n) is 10.6. The second-order valence-electron chi connectivity index (χ2n) is 7.78. The average molecular weight is 431 g/mol. The van der Waals surface area contributed by atoms with Crippen LogP contribution in [-0.2, 0) is 13.0 Å². The van der Waals surface area contributed by atoms with Crippen LogP contribution in [0.4, 0.5) is 0 Å². The summed E-state index contributed by atoms with van der Waals surface area (Å²) in [5, 5.41) is 17.1. The minimum absolute atomic E-state index is 0.0678. The van der Waals surface area contributed by atoms with Gasteiger partial charge in [0.1, 0.15) is 18.2 Å². The Morgan fingerprint density at radius 2 is 1.97 bits per heavy atom. The van der Waals surface area contributed by atoms with E-state index in [1.54, 1.807) is 7.11 Å². The summed E-state index contributed by atoms with van der Waals surface area (Å²) in [5.74, 6) is 1.29. The minimum atomic E-state index is -0.399. The second kappa shape index (κ2) is 9.06. The van der Waals surface area contributed by atoms with Gasteiger partial charge in [0, 0.05) is 11.3 Å². The first-order valence-corrected chi connectivity index (χ1v) is 10.6. The molecule has 0 amide bonds. The molecule has 0 saturated carbocycles. The van der Waals surface area contributed by atoms with Crippen LogP contribution in [0.2, 0.25) is 0 Å². The molecule has 7 heteroatoms. The quantitative estimate of drug-likeness (QED) is 0.573. The topological polar surface area (TPSA) is 106 Å². The van der Waals surface area contributed by atoms with Gasteiger partial charge in [-0.1, -0.05) is 49.2 Å². The lowest BCUT2D eigenvalue weighted by molar-refractivity contribution is 0.284. The van der Waals surface area contributed by atoms with Gasteiger partial charge < -0.3 is 19.9 Å². The lowest BCUT2D eigenvalue weighted by Gasteiger charge is -2.24. The normalized spacial score (nSPS) is 15.0. The molecule has 2 heterocycles. The van der Waals surface area contributed by atoms with Crippen LogP contribution in [0, 0.1) is 18.3 Å². The molecule has 32 heavy (non-hydrogen) atoms. The lowest BCUT2D eigenvalue weighted by Crippen LogP contribution is -2.21. The summed E-state index contributed by atoms with van der Waals surface area (Å²) in [7, 11) is 1.60. The molecule has 0 spiro atoms. The fourth-order valence-corrected chi connectivity index (χ4v) is 3.91. The highest BCUT2D eigenvalue weighted by atomic mass is 16.5. The van der Waals surface area contributed by atoms with Crippen LogP contribution in [0.3, 0.4) is 0 Å². The van der Waals surface area contributed by atoms with Crippen LogP contribution in [-0.4, -0.2) is 17.3 Å². The van der Waals surface area contributed by atoms with Gasteiger partial charge in [0.2, 0.25) is 11.8 Å². The number of methoxy groups -OCH3 is 1. The van der Waals surface area contributed by atoms with Gasteiger partial charge in [-0.3, -0.25) is 5.10 Å². The number of ether oxygens (including phenoxy) is 3. The van der Waals surface area contributed by atoms with Gasteiger partial charge in [0.15, 0.2) is 11.5 Å². The zero-order chi connectivity index (χ0) is 22.7. The summed E-state index contributed by atoms with van der Waals surface area (Å²) in [5.41, 5.74) is 11.3. The molecule has 0 unspecified atom stereocenters. The number of nitriles is 1. The molecule has 1 aromatic heterocycles. The van der Waals surface area contributed by atoms with E-state index in [0.717, 1.165) is 35.2 Å². The number of nitrogens with two attached hydrogens (primary N) is 1. The third-order valence-electron chi connectivity index (χ3n) is 5.55. The van der Waals surface area contributed by atoms with E-state index in [4.69, 9.17) is 19.9 Å². The monoisotopic (exact) mass is 430 g/mol. The van der Waals surface area contributed by atoms with E-state index in [2.05, 4.69) is 42.2 Å². The number of aromatic amines is 1. The zero-order valence-electron chi connectivity index (χ0n) is 18.4. The van der Waals surface area contributed by atoms with Crippen molar-refractivity contribution >= 4 is 0 Å². The van der Waals surface area contributed by atoms with Crippen LogP contribution >= 0.6 is 0 Å². The van der Waals surface area contributed by atoms with E-state index in [-0.39, 0.29) is 5.88 Å². The number of nitrogens with zero attached hydrogens (tertiary/aromatic N) is 2. The summed E-state index contributed by atoms with van der Waals surface area (Å²) in [4.78, 5) is 0. The van der Waals surface area contributed by atoms with Crippen molar-refractivity contribution in [2.75, 3.05) is 7.11 Å². The van der Waals surface area contributed by atoms with Gasteiger partial charge in [0.05, 0.1) is 13.0 Å². The maximum absolute atomic E-state index is 9.83. The molecule has 7 nitrogen and oxygen atoms in total. The minimum Gasteiger partial charge on any atom is -0.493 e. The van der Waals surface area contributed by atoms with Crippen LogP contribution in [0.15, 0.2) is 53.9 Å². The smallest absolute Gasteiger partial charge is 0.244 e. The number of nitrogens with one attached hydrogen (secondary N) is 1. The van der Waals surface area contributed by atoms with Crippen molar-refractivity contribution in [2.45, 2.75) is 39.2 Å². The van der Waals surface area contributed by atoms with Crippen LogP contribution in [0.1, 0.15) is 47.2 Å². The average Bonchev–Trinajstić information content (AvgIpc) is 3.20. The molecule has 3 N–H and O–H groups in total. The van der Waals surface area contributed by atoms with Gasteiger partial charge in [-0.25, -0.2) is 0 Å². The molecular weight excluding hydrogens is 404 g/mol. The summed E-state index contributed by atoms with van der Waals surface area (Å²) < 4.78 is 17.3. The van der Waals surface area contributed by atoms with E-state index >= 15 is 0 Å². The number of aromatic nitrogens is 2. The Morgan fingerprint density at radius 1 is 1.19 bits per heavy atom. The molecule has 1 aliphatic heterocycles. The molecule has 0 saturated heterocycles. The fourth-order valence-electron chi connectivity index (χ4n) is 3.91. The molecule has 4 rings (SSSR count). The third kappa shape index (κ3) is 4.00. The molecule has 164 valence electrons. The fraction of sp³-hybridized carbons (Fsp3) is 0.280. The van der Waals surface area contributed by atoms with Gasteiger partial charge in [0.25, 0.3) is 0 Å². The summed E-state index contributed by atoms with van der Waals surface area (Å²) in [6.45, 7) is 4.57. The number of fused-ring (bicyclic) bond motifs is 1. The van der Waals surface area contributed by atoms with Crippen molar-refractivity contribution in [1.29, 1.82) is 5.26 Å². The summed E-state index contributed by atoms with van der Waals surface area (Å²) in [6.07, 6.45) is 1.72. The highest BCUT2D eigenvalue weighted by Gasteiger charge is 2.35.